The number of benzene rings is 1. The van der Waals surface area contributed by atoms with Crippen LogP contribution in [0.15, 0.2) is 38.9 Å². The topological polar surface area (TPSA) is 250 Å². The van der Waals surface area contributed by atoms with Crippen molar-refractivity contribution in [3.8, 4) is 11.5 Å². The maximum absolute atomic E-state index is 13.9. The summed E-state index contributed by atoms with van der Waals surface area (Å²) < 4.78 is 2.19. The van der Waals surface area contributed by atoms with E-state index in [0.717, 1.165) is 17.8 Å². The van der Waals surface area contributed by atoms with Crippen LogP contribution in [0.3, 0.4) is 0 Å². The molecule has 4 aliphatic rings. The van der Waals surface area contributed by atoms with Gasteiger partial charge in [-0.2, -0.15) is 0 Å². The number of rotatable bonds is 10. The second-order valence-electron chi connectivity index (χ2n) is 14.8. The molecule has 20 heteroatoms. The van der Waals surface area contributed by atoms with E-state index in [0.29, 0.717) is 47.3 Å². The molecule has 6 heterocycles. The standard InChI is InChI=1S/C34H38ClN7O10S2/c1-5-40-9-15(24(44)20-18(40)8-19(43)25(45)21(20)35)11-42-7-6-14(10-42)26-16(12-42)27(34(4,50)51)41-29(47)23(30(41)54-26)38-28(46)22(17-13-53-32(36)37-17)39-52-33(2,3)31(48)49/h8-9,13-14,23,26,30,50-51H,5-7,10-12H2,1-4H3,(H5-,36,37,38,39,43,44,45,46,48,49)/p+1. The molecule has 0 saturated carbocycles. The van der Waals surface area contributed by atoms with Gasteiger partial charge >= 0.3 is 5.97 Å². The van der Waals surface area contributed by atoms with Crippen molar-refractivity contribution in [2.45, 2.75) is 75.3 Å². The van der Waals surface area contributed by atoms with Gasteiger partial charge in [0.25, 0.3) is 11.8 Å². The number of carbonyl (C=O) groups is 3. The Balaban J connectivity index is 1.20. The molecule has 17 nitrogen and oxygen atoms in total. The van der Waals surface area contributed by atoms with E-state index in [1.165, 1.54) is 48.9 Å². The fourth-order valence-electron chi connectivity index (χ4n) is 7.94. The minimum Gasteiger partial charge on any atom is -0.504 e. The molecular formula is C34H39ClN7O10S2+. The molecule has 54 heavy (non-hydrogen) atoms. The number of aromatic hydroxyl groups is 2. The van der Waals surface area contributed by atoms with Crippen molar-refractivity contribution < 1.29 is 49.2 Å². The van der Waals surface area contributed by atoms with Crippen LogP contribution in [0.25, 0.3) is 10.9 Å². The molecule has 7 rings (SSSR count). The smallest absolute Gasteiger partial charge is 0.350 e. The number of phenolic OH excluding ortho intramolecular Hbond substituents is 2. The highest BCUT2D eigenvalue weighted by molar-refractivity contribution is 8.01. The number of nitrogens with two attached hydrogens (primary N) is 1. The van der Waals surface area contributed by atoms with Crippen molar-refractivity contribution in [1.29, 1.82) is 0 Å². The highest BCUT2D eigenvalue weighted by Gasteiger charge is 2.62. The third-order valence-electron chi connectivity index (χ3n) is 10.5. The SMILES string of the molecule is CCn1cc(C[N+]23CCC(C2)C2SC4C(NC(=O)C(=NOC(C)(C)C(=O)O)c5csc(N)n5)C(=O)N4C(C(C)(O)O)=C2C3)c(=O)c2c(Cl)c(O)c(O)cc21. The number of aliphatic hydroxyl groups is 2. The predicted octanol–water partition coefficient (Wildman–Crippen LogP) is 1.48. The monoisotopic (exact) mass is 804 g/mol. The second-order valence-corrected chi connectivity index (χ2v) is 17.3. The molecule has 0 spiro atoms. The van der Waals surface area contributed by atoms with Crippen LogP contribution in [-0.2, 0) is 32.3 Å². The van der Waals surface area contributed by atoms with Gasteiger partial charge in [0.15, 0.2) is 27.8 Å². The lowest BCUT2D eigenvalue weighted by Crippen LogP contribution is -2.73. The molecule has 2 aromatic heterocycles. The van der Waals surface area contributed by atoms with Crippen LogP contribution in [0.4, 0.5) is 5.13 Å². The number of aryl methyl sites for hydroxylation is 1. The van der Waals surface area contributed by atoms with E-state index in [1.807, 2.05) is 6.92 Å². The number of thioether (sulfide) groups is 1. The van der Waals surface area contributed by atoms with Gasteiger partial charge in [0.1, 0.15) is 30.2 Å². The summed E-state index contributed by atoms with van der Waals surface area (Å²) in [5, 5.41) is 59.3. The molecular weight excluding hydrogens is 766 g/mol. The minimum absolute atomic E-state index is 0.0129. The first-order valence-electron chi connectivity index (χ1n) is 17.1. The number of aromatic nitrogens is 2. The third-order valence-corrected chi connectivity index (χ3v) is 13.3. The number of aliphatic carboxylic acids is 1. The van der Waals surface area contributed by atoms with E-state index in [4.69, 9.17) is 22.2 Å². The summed E-state index contributed by atoms with van der Waals surface area (Å²) in [5.74, 6) is -6.24. The summed E-state index contributed by atoms with van der Waals surface area (Å²) in [7, 11) is 0. The summed E-state index contributed by atoms with van der Waals surface area (Å²) >= 11 is 8.86. The van der Waals surface area contributed by atoms with Gasteiger partial charge in [-0.15, -0.1) is 23.1 Å². The number of nitrogens with one attached hydrogen (secondary N) is 1. The number of oxime groups is 1. The Hall–Kier alpha value is -4.40. The van der Waals surface area contributed by atoms with E-state index < -0.39 is 57.8 Å². The van der Waals surface area contributed by atoms with Gasteiger partial charge in [-0.25, -0.2) is 9.78 Å². The Morgan fingerprint density at radius 3 is 2.59 bits per heavy atom. The number of carboxylic acid groups (broad SMARTS) is 1. The summed E-state index contributed by atoms with van der Waals surface area (Å²) in [6.07, 6.45) is 2.47. The number of nitrogen functional groups attached to an aromatic ring is 1. The quantitative estimate of drug-likeness (QED) is 0.0384. The number of phenols is 2. The number of piperidine rings is 1. The van der Waals surface area contributed by atoms with Gasteiger partial charge in [0, 0.05) is 47.3 Å². The zero-order chi connectivity index (χ0) is 39.2. The first-order valence-corrected chi connectivity index (χ1v) is 19.3. The Kier molecular flexibility index (Phi) is 9.21. The molecule has 5 atom stereocenters. The largest absolute Gasteiger partial charge is 0.504 e. The third kappa shape index (κ3) is 6.15. The van der Waals surface area contributed by atoms with E-state index in [-0.39, 0.29) is 50.1 Å². The lowest BCUT2D eigenvalue weighted by Gasteiger charge is -2.56. The minimum atomic E-state index is -2.44. The summed E-state index contributed by atoms with van der Waals surface area (Å²) in [5.41, 5.74) is 4.73. The zero-order valence-electron chi connectivity index (χ0n) is 29.6. The number of hydrogen-bond donors (Lipinski definition) is 7. The van der Waals surface area contributed by atoms with Crippen LogP contribution in [0.1, 0.15) is 45.4 Å². The number of quaternary nitrogens is 1. The van der Waals surface area contributed by atoms with Crippen molar-refractivity contribution in [2.75, 3.05) is 25.4 Å². The van der Waals surface area contributed by atoms with E-state index in [2.05, 4.69) is 15.5 Å². The van der Waals surface area contributed by atoms with Crippen LogP contribution < -0.4 is 16.5 Å². The average Bonchev–Trinajstić information content (AvgIpc) is 3.68. The van der Waals surface area contributed by atoms with E-state index >= 15 is 0 Å². The lowest BCUT2D eigenvalue weighted by molar-refractivity contribution is -0.929. The zero-order valence-corrected chi connectivity index (χ0v) is 32.0. The van der Waals surface area contributed by atoms with E-state index in [9.17, 15) is 44.7 Å². The molecule has 288 valence electrons. The normalized spacial score (nSPS) is 25.4. The van der Waals surface area contributed by atoms with Crippen molar-refractivity contribution >= 4 is 74.2 Å². The molecule has 1 aromatic carbocycles. The first-order chi connectivity index (χ1) is 25.3. The maximum atomic E-state index is 13.9. The Morgan fingerprint density at radius 1 is 1.24 bits per heavy atom. The molecule has 8 N–H and O–H groups in total. The second kappa shape index (κ2) is 13.1. The number of amides is 2. The van der Waals surface area contributed by atoms with Crippen molar-refractivity contribution in [3.63, 3.8) is 0 Å². The van der Waals surface area contributed by atoms with Gasteiger partial charge in [-0.05, 0) is 27.7 Å². The summed E-state index contributed by atoms with van der Waals surface area (Å²) in [6, 6.07) is 0.199. The van der Waals surface area contributed by atoms with Crippen LogP contribution in [-0.4, -0.2) is 116 Å². The average molecular weight is 805 g/mol. The van der Waals surface area contributed by atoms with Crippen molar-refractivity contribution in [3.05, 3.63) is 55.4 Å². The van der Waals surface area contributed by atoms with Gasteiger partial charge in [0.05, 0.1) is 40.3 Å². The number of β-lactam (4-membered cyclic amide) rings is 1. The van der Waals surface area contributed by atoms with Crippen LogP contribution >= 0.6 is 34.7 Å². The lowest BCUT2D eigenvalue weighted by atomic mass is 9.88. The molecule has 0 aliphatic carbocycles. The number of thiazole rings is 1. The van der Waals surface area contributed by atoms with Crippen LogP contribution in [0, 0.1) is 5.92 Å². The number of halogens is 1. The first kappa shape index (κ1) is 37.9. The number of nitrogens with zero attached hydrogens (tertiary/aromatic N) is 5. The highest BCUT2D eigenvalue weighted by Crippen LogP contribution is 2.54. The van der Waals surface area contributed by atoms with E-state index in [1.54, 1.807) is 10.8 Å². The molecule has 2 amide bonds. The highest BCUT2D eigenvalue weighted by atomic mass is 35.5. The maximum Gasteiger partial charge on any atom is 0.350 e. The van der Waals surface area contributed by atoms with Gasteiger partial charge in [-0.1, -0.05) is 16.8 Å². The number of hydrogen-bond acceptors (Lipinski definition) is 14. The molecule has 0 radical (unpaired) electrons. The van der Waals surface area contributed by atoms with Gasteiger partial charge in [0.2, 0.25) is 11.4 Å². The summed E-state index contributed by atoms with van der Waals surface area (Å²) in [4.78, 5) is 63.7. The fraction of sp³-hybridized carbons (Fsp3) is 0.471. The number of anilines is 1. The number of carboxylic acids is 1. The summed E-state index contributed by atoms with van der Waals surface area (Å²) in [6.45, 7) is 7.89. The molecule has 5 unspecified atom stereocenters. The molecule has 4 aliphatic heterocycles. The number of fused-ring (bicyclic) bond motifs is 6. The molecule has 2 bridgehead atoms. The molecule has 3 aromatic rings. The predicted molar refractivity (Wildman–Crippen MR) is 199 cm³/mol. The number of carbonyl (C=O) groups excluding carboxylic acids is 2. The Morgan fingerprint density at radius 2 is 1.96 bits per heavy atom. The molecule has 3 fully saturated rings. The van der Waals surface area contributed by atoms with Crippen molar-refractivity contribution in [1.82, 2.24) is 19.8 Å². The molecule has 3 saturated heterocycles. The Bertz CT molecular complexity index is 2250. The van der Waals surface area contributed by atoms with Crippen molar-refractivity contribution in [2.24, 2.45) is 11.1 Å². The van der Waals surface area contributed by atoms with Crippen LogP contribution in [0.2, 0.25) is 5.02 Å². The Labute approximate surface area is 320 Å². The van der Waals surface area contributed by atoms with Gasteiger partial charge in [-0.3, -0.25) is 19.3 Å². The van der Waals surface area contributed by atoms with Gasteiger partial charge < -0.3 is 50.5 Å². The number of pyridine rings is 1. The van der Waals surface area contributed by atoms with Crippen LogP contribution in [0.5, 0.6) is 11.5 Å². The fourth-order valence-corrected chi connectivity index (χ4v) is 10.5.